The predicted octanol–water partition coefficient (Wildman–Crippen LogP) is 2.87. The van der Waals surface area contributed by atoms with Gasteiger partial charge in [0, 0.05) is 36.4 Å². The zero-order valence-corrected chi connectivity index (χ0v) is 12.6. The van der Waals surface area contributed by atoms with Gasteiger partial charge in [-0.25, -0.2) is 4.39 Å². The molecule has 0 atom stereocenters. The van der Waals surface area contributed by atoms with E-state index in [1.807, 2.05) is 0 Å². The van der Waals surface area contributed by atoms with Crippen molar-refractivity contribution in [1.82, 2.24) is 4.90 Å². The smallest absolute Gasteiger partial charge is 0.266 e. The quantitative estimate of drug-likeness (QED) is 0.928. The number of fused-ring (bicyclic) bond motifs is 1. The molecule has 1 aliphatic heterocycles. The number of carbonyl (C=O) groups is 1. The molecular formula is C15H17FN2O2S. The predicted molar refractivity (Wildman–Crippen MR) is 82.1 cm³/mol. The zero-order chi connectivity index (χ0) is 15.0. The van der Waals surface area contributed by atoms with Gasteiger partial charge >= 0.3 is 0 Å². The number of thiophene rings is 1. The number of amides is 1. The van der Waals surface area contributed by atoms with E-state index in [1.165, 1.54) is 23.5 Å². The molecular weight excluding hydrogens is 291 g/mol. The third kappa shape index (κ3) is 2.61. The molecule has 112 valence electrons. The lowest BCUT2D eigenvalue weighted by atomic mass is 10.1. The highest BCUT2D eigenvalue weighted by Crippen LogP contribution is 2.35. The molecule has 0 aliphatic carbocycles. The number of nitrogen functional groups attached to an aromatic ring is 1. The number of anilines is 1. The maximum Gasteiger partial charge on any atom is 0.266 e. The summed E-state index contributed by atoms with van der Waals surface area (Å²) in [6, 6.07) is 4.60. The van der Waals surface area contributed by atoms with Crippen LogP contribution in [0.2, 0.25) is 0 Å². The minimum Gasteiger partial charge on any atom is -0.397 e. The van der Waals surface area contributed by atoms with Crippen molar-refractivity contribution >= 4 is 33.0 Å². The summed E-state index contributed by atoms with van der Waals surface area (Å²) in [5.41, 5.74) is 6.42. The molecule has 0 radical (unpaired) electrons. The minimum atomic E-state index is -0.344. The molecule has 2 aromatic rings. The monoisotopic (exact) mass is 308 g/mol. The van der Waals surface area contributed by atoms with Gasteiger partial charge < -0.3 is 15.4 Å². The van der Waals surface area contributed by atoms with E-state index in [-0.39, 0.29) is 17.8 Å². The lowest BCUT2D eigenvalue weighted by Gasteiger charge is -2.31. The molecule has 1 aromatic carbocycles. The fourth-order valence-corrected chi connectivity index (χ4v) is 3.73. The van der Waals surface area contributed by atoms with Crippen LogP contribution in [0.25, 0.3) is 10.1 Å². The summed E-state index contributed by atoms with van der Waals surface area (Å²) in [6.45, 7) is 1.35. The standard InChI is InChI=1S/C15H17FN2O2S/c1-18(10-4-6-20-7-5-10)15(19)14-13(17)11-8-9(16)2-3-12(11)21-14/h2-3,8,10H,4-7,17H2,1H3. The molecule has 1 aromatic heterocycles. The van der Waals surface area contributed by atoms with Crippen molar-refractivity contribution < 1.29 is 13.9 Å². The number of rotatable bonds is 2. The molecule has 4 nitrogen and oxygen atoms in total. The first-order valence-electron chi connectivity index (χ1n) is 6.90. The van der Waals surface area contributed by atoms with Crippen LogP contribution in [0.3, 0.4) is 0 Å². The van der Waals surface area contributed by atoms with Crippen LogP contribution in [0, 0.1) is 5.82 Å². The summed E-state index contributed by atoms with van der Waals surface area (Å²) in [6.07, 6.45) is 1.67. The van der Waals surface area contributed by atoms with Crippen molar-refractivity contribution in [2.24, 2.45) is 0 Å². The van der Waals surface area contributed by atoms with Gasteiger partial charge in [-0.3, -0.25) is 4.79 Å². The van der Waals surface area contributed by atoms with Crippen LogP contribution in [-0.2, 0) is 4.74 Å². The van der Waals surface area contributed by atoms with Crippen LogP contribution in [0.15, 0.2) is 18.2 Å². The molecule has 21 heavy (non-hydrogen) atoms. The van der Waals surface area contributed by atoms with Gasteiger partial charge in [0.15, 0.2) is 0 Å². The molecule has 1 saturated heterocycles. The number of hydrogen-bond acceptors (Lipinski definition) is 4. The molecule has 0 bridgehead atoms. The van der Waals surface area contributed by atoms with E-state index in [0.717, 1.165) is 17.5 Å². The highest BCUT2D eigenvalue weighted by atomic mass is 32.1. The fourth-order valence-electron chi connectivity index (χ4n) is 2.65. The number of benzene rings is 1. The van der Waals surface area contributed by atoms with Crippen LogP contribution in [-0.4, -0.2) is 37.1 Å². The van der Waals surface area contributed by atoms with Crippen LogP contribution >= 0.6 is 11.3 Å². The zero-order valence-electron chi connectivity index (χ0n) is 11.8. The van der Waals surface area contributed by atoms with Gasteiger partial charge in [0.05, 0.1) is 5.69 Å². The summed E-state index contributed by atoms with van der Waals surface area (Å²) in [5, 5.41) is 0.615. The number of hydrogen-bond donors (Lipinski definition) is 1. The van der Waals surface area contributed by atoms with Gasteiger partial charge in [-0.15, -0.1) is 11.3 Å². The van der Waals surface area contributed by atoms with Crippen LogP contribution in [0.1, 0.15) is 22.5 Å². The summed E-state index contributed by atoms with van der Waals surface area (Å²) in [7, 11) is 1.79. The molecule has 1 amide bonds. The molecule has 1 fully saturated rings. The normalized spacial score (nSPS) is 16.3. The largest absolute Gasteiger partial charge is 0.397 e. The Morgan fingerprint density at radius 1 is 1.43 bits per heavy atom. The van der Waals surface area contributed by atoms with E-state index in [2.05, 4.69) is 0 Å². The second-order valence-electron chi connectivity index (χ2n) is 5.24. The van der Waals surface area contributed by atoms with Gasteiger partial charge in [0.2, 0.25) is 0 Å². The van der Waals surface area contributed by atoms with Crippen LogP contribution in [0.4, 0.5) is 10.1 Å². The van der Waals surface area contributed by atoms with E-state index in [1.54, 1.807) is 18.0 Å². The van der Waals surface area contributed by atoms with Crippen molar-refractivity contribution in [3.63, 3.8) is 0 Å². The molecule has 6 heteroatoms. The number of nitrogens with two attached hydrogens (primary N) is 1. The van der Waals surface area contributed by atoms with Crippen LogP contribution < -0.4 is 5.73 Å². The molecule has 2 N–H and O–H groups in total. The Kier molecular flexibility index (Phi) is 3.82. The molecule has 0 unspecified atom stereocenters. The summed E-state index contributed by atoms with van der Waals surface area (Å²) in [4.78, 5) is 14.9. The average Bonchev–Trinajstić information content (AvgIpc) is 2.83. The molecule has 1 aliphatic rings. The van der Waals surface area contributed by atoms with Gasteiger partial charge in [-0.05, 0) is 31.0 Å². The first-order valence-corrected chi connectivity index (χ1v) is 7.72. The third-order valence-electron chi connectivity index (χ3n) is 3.94. The Balaban J connectivity index is 1.92. The van der Waals surface area contributed by atoms with Crippen molar-refractivity contribution in [3.8, 4) is 0 Å². The van der Waals surface area contributed by atoms with Crippen molar-refractivity contribution in [1.29, 1.82) is 0 Å². The van der Waals surface area contributed by atoms with E-state index >= 15 is 0 Å². The molecule has 0 saturated carbocycles. The minimum absolute atomic E-state index is 0.0963. The Morgan fingerprint density at radius 3 is 2.86 bits per heavy atom. The van der Waals surface area contributed by atoms with Gasteiger partial charge in [-0.2, -0.15) is 0 Å². The third-order valence-corrected chi connectivity index (χ3v) is 5.12. The number of nitrogens with zero attached hydrogens (tertiary/aromatic N) is 1. The molecule has 0 spiro atoms. The molecule has 2 heterocycles. The molecule has 3 rings (SSSR count). The summed E-state index contributed by atoms with van der Waals surface area (Å²) < 4.78 is 19.5. The first kappa shape index (κ1) is 14.3. The maximum atomic E-state index is 13.3. The van der Waals surface area contributed by atoms with Gasteiger partial charge in [0.25, 0.3) is 5.91 Å². The van der Waals surface area contributed by atoms with Crippen molar-refractivity contribution in [2.75, 3.05) is 26.0 Å². The number of ether oxygens (including phenoxy) is 1. The Morgan fingerprint density at radius 2 is 2.14 bits per heavy atom. The second-order valence-corrected chi connectivity index (χ2v) is 6.30. The van der Waals surface area contributed by atoms with E-state index in [0.29, 0.717) is 29.2 Å². The maximum absolute atomic E-state index is 13.3. The average molecular weight is 308 g/mol. The topological polar surface area (TPSA) is 55.6 Å². The van der Waals surface area contributed by atoms with E-state index in [4.69, 9.17) is 10.5 Å². The Hall–Kier alpha value is -1.66. The summed E-state index contributed by atoms with van der Waals surface area (Å²) >= 11 is 1.32. The number of carbonyl (C=O) groups excluding carboxylic acids is 1. The Labute approximate surface area is 126 Å². The summed E-state index contributed by atoms with van der Waals surface area (Å²) in [5.74, 6) is -0.440. The highest BCUT2D eigenvalue weighted by Gasteiger charge is 2.26. The van der Waals surface area contributed by atoms with Gasteiger partial charge in [0.1, 0.15) is 10.7 Å². The van der Waals surface area contributed by atoms with E-state index in [9.17, 15) is 9.18 Å². The van der Waals surface area contributed by atoms with Crippen LogP contribution in [0.5, 0.6) is 0 Å². The lowest BCUT2D eigenvalue weighted by Crippen LogP contribution is -2.40. The SMILES string of the molecule is CN(C(=O)c1sc2ccc(F)cc2c1N)C1CCOCC1. The first-order chi connectivity index (χ1) is 10.1. The van der Waals surface area contributed by atoms with Gasteiger partial charge in [-0.1, -0.05) is 0 Å². The van der Waals surface area contributed by atoms with E-state index < -0.39 is 0 Å². The fraction of sp³-hybridized carbons (Fsp3) is 0.400. The Bertz CT molecular complexity index is 680. The lowest BCUT2D eigenvalue weighted by molar-refractivity contribution is 0.0365. The van der Waals surface area contributed by atoms with Crippen molar-refractivity contribution in [3.05, 3.63) is 28.9 Å². The van der Waals surface area contributed by atoms with Crippen molar-refractivity contribution in [2.45, 2.75) is 18.9 Å². The number of halogens is 1. The highest BCUT2D eigenvalue weighted by molar-refractivity contribution is 7.21. The second kappa shape index (κ2) is 5.61.